The Bertz CT molecular complexity index is 970. The van der Waals surface area contributed by atoms with Crippen molar-refractivity contribution in [1.82, 2.24) is 4.31 Å². The maximum absolute atomic E-state index is 13.9. The lowest BCUT2D eigenvalue weighted by atomic mass is 10.1. The average Bonchev–Trinajstić information content (AvgIpc) is 2.65. The van der Waals surface area contributed by atoms with E-state index in [0.717, 1.165) is 5.56 Å². The molecule has 1 amide bonds. The molecule has 0 radical (unpaired) electrons. The topological polar surface area (TPSA) is 75.7 Å². The van der Waals surface area contributed by atoms with Crippen molar-refractivity contribution in [1.29, 1.82) is 0 Å². The Hall–Kier alpha value is -2.29. The molecule has 0 saturated carbocycles. The van der Waals surface area contributed by atoms with Gasteiger partial charge in [-0.25, -0.2) is 12.8 Å². The van der Waals surface area contributed by atoms with Crippen molar-refractivity contribution in [3.8, 4) is 0 Å². The van der Waals surface area contributed by atoms with Crippen molar-refractivity contribution in [2.45, 2.75) is 18.7 Å². The zero-order valence-corrected chi connectivity index (χ0v) is 16.0. The molecule has 0 spiro atoms. The molecule has 3 rings (SSSR count). The summed E-state index contributed by atoms with van der Waals surface area (Å²) in [6, 6.07) is 8.79. The maximum Gasteiger partial charge on any atom is 0.256 e. The number of carbonyl (C=O) groups excluding carboxylic acids is 1. The number of nitrogens with zero attached hydrogens (tertiary/aromatic N) is 1. The average molecular weight is 392 g/mol. The van der Waals surface area contributed by atoms with Gasteiger partial charge >= 0.3 is 0 Å². The first-order valence-electron chi connectivity index (χ1n) is 8.55. The normalized spacial score (nSPS) is 15.5. The molecule has 8 heteroatoms. The highest BCUT2D eigenvalue weighted by Gasteiger charge is 2.27. The number of benzene rings is 2. The van der Waals surface area contributed by atoms with Crippen LogP contribution in [0.2, 0.25) is 0 Å². The van der Waals surface area contributed by atoms with E-state index in [9.17, 15) is 17.6 Å². The zero-order valence-electron chi connectivity index (χ0n) is 15.2. The van der Waals surface area contributed by atoms with Gasteiger partial charge in [-0.2, -0.15) is 4.31 Å². The lowest BCUT2D eigenvalue weighted by Gasteiger charge is -2.26. The van der Waals surface area contributed by atoms with E-state index in [2.05, 4.69) is 5.32 Å². The summed E-state index contributed by atoms with van der Waals surface area (Å²) in [6.07, 6.45) is 0. The van der Waals surface area contributed by atoms with Gasteiger partial charge in [-0.15, -0.1) is 0 Å². The van der Waals surface area contributed by atoms with Gasteiger partial charge in [0.25, 0.3) is 5.91 Å². The van der Waals surface area contributed by atoms with Gasteiger partial charge in [0.1, 0.15) is 5.82 Å². The second-order valence-electron chi connectivity index (χ2n) is 6.43. The van der Waals surface area contributed by atoms with Crippen LogP contribution >= 0.6 is 0 Å². The monoisotopic (exact) mass is 392 g/mol. The molecule has 1 N–H and O–H groups in total. The number of ether oxygens (including phenoxy) is 1. The summed E-state index contributed by atoms with van der Waals surface area (Å²) in [5.41, 5.74) is 1.64. The molecule has 6 nitrogen and oxygen atoms in total. The quantitative estimate of drug-likeness (QED) is 0.868. The van der Waals surface area contributed by atoms with Crippen LogP contribution in [0.5, 0.6) is 0 Å². The molecule has 1 saturated heterocycles. The molecule has 0 aliphatic carbocycles. The molecule has 1 aliphatic rings. The summed E-state index contributed by atoms with van der Waals surface area (Å²) in [5.74, 6) is -1.11. The molecule has 27 heavy (non-hydrogen) atoms. The molecular weight excluding hydrogens is 371 g/mol. The number of carbonyl (C=O) groups is 1. The predicted molar refractivity (Wildman–Crippen MR) is 99.8 cm³/mol. The first-order chi connectivity index (χ1) is 12.8. The van der Waals surface area contributed by atoms with Gasteiger partial charge in [-0.3, -0.25) is 4.79 Å². The second-order valence-corrected chi connectivity index (χ2v) is 8.37. The molecule has 1 aliphatic heterocycles. The third kappa shape index (κ3) is 4.18. The van der Waals surface area contributed by atoms with Crippen molar-refractivity contribution in [3.05, 3.63) is 58.9 Å². The maximum atomic E-state index is 13.9. The third-order valence-electron chi connectivity index (χ3n) is 4.43. The molecule has 1 heterocycles. The lowest BCUT2D eigenvalue weighted by molar-refractivity contribution is 0.0730. The number of morpholine rings is 1. The third-order valence-corrected chi connectivity index (χ3v) is 6.33. The van der Waals surface area contributed by atoms with E-state index in [-0.39, 0.29) is 29.2 Å². The Morgan fingerprint density at radius 3 is 2.52 bits per heavy atom. The summed E-state index contributed by atoms with van der Waals surface area (Å²) < 4.78 is 46.1. The Morgan fingerprint density at radius 2 is 1.81 bits per heavy atom. The largest absolute Gasteiger partial charge is 0.379 e. The van der Waals surface area contributed by atoms with E-state index in [1.54, 1.807) is 26.0 Å². The number of rotatable bonds is 4. The minimum absolute atomic E-state index is 0.0323. The van der Waals surface area contributed by atoms with Crippen LogP contribution < -0.4 is 5.32 Å². The lowest BCUT2D eigenvalue weighted by Crippen LogP contribution is -2.40. The fourth-order valence-electron chi connectivity index (χ4n) is 2.87. The summed E-state index contributed by atoms with van der Waals surface area (Å²) >= 11 is 0. The molecule has 0 atom stereocenters. The zero-order chi connectivity index (χ0) is 19.6. The van der Waals surface area contributed by atoms with Crippen LogP contribution in [0.3, 0.4) is 0 Å². The highest BCUT2D eigenvalue weighted by atomic mass is 32.2. The Morgan fingerprint density at radius 1 is 1.11 bits per heavy atom. The number of hydrogen-bond donors (Lipinski definition) is 1. The Balaban J connectivity index is 1.91. The van der Waals surface area contributed by atoms with Gasteiger partial charge in [-0.1, -0.05) is 12.1 Å². The van der Waals surface area contributed by atoms with E-state index < -0.39 is 21.7 Å². The smallest absolute Gasteiger partial charge is 0.256 e. The highest BCUT2D eigenvalue weighted by molar-refractivity contribution is 7.89. The van der Waals surface area contributed by atoms with E-state index in [1.807, 2.05) is 0 Å². The summed E-state index contributed by atoms with van der Waals surface area (Å²) in [7, 11) is -3.72. The van der Waals surface area contributed by atoms with Crippen LogP contribution in [0.25, 0.3) is 0 Å². The standard InChI is InChI=1S/C19H21FN2O4S/c1-13-3-6-17(20)18(11-13)21-19(23)16-12-15(5-4-14(16)2)27(24,25)22-7-9-26-10-8-22/h3-6,11-12H,7-10H2,1-2H3,(H,21,23). The fourth-order valence-corrected chi connectivity index (χ4v) is 4.30. The van der Waals surface area contributed by atoms with Gasteiger partial charge in [0.15, 0.2) is 0 Å². The second kappa shape index (κ2) is 7.75. The summed E-state index contributed by atoms with van der Waals surface area (Å²) in [5, 5.41) is 2.52. The number of halogens is 1. The van der Waals surface area contributed by atoms with Crippen molar-refractivity contribution in [3.63, 3.8) is 0 Å². The molecule has 2 aromatic rings. The van der Waals surface area contributed by atoms with Crippen LogP contribution in [-0.4, -0.2) is 44.9 Å². The molecular formula is C19H21FN2O4S. The summed E-state index contributed by atoms with van der Waals surface area (Å²) in [4.78, 5) is 12.7. The van der Waals surface area contributed by atoms with Crippen LogP contribution in [0.4, 0.5) is 10.1 Å². The van der Waals surface area contributed by atoms with Crippen molar-refractivity contribution < 1.29 is 22.3 Å². The SMILES string of the molecule is Cc1ccc(F)c(NC(=O)c2cc(S(=O)(=O)N3CCOCC3)ccc2C)c1. The van der Waals surface area contributed by atoms with Crippen molar-refractivity contribution in [2.24, 2.45) is 0 Å². The van der Waals surface area contributed by atoms with Gasteiger partial charge < -0.3 is 10.1 Å². The van der Waals surface area contributed by atoms with Gasteiger partial charge in [0.2, 0.25) is 10.0 Å². The number of hydrogen-bond acceptors (Lipinski definition) is 4. The van der Waals surface area contributed by atoms with Crippen molar-refractivity contribution in [2.75, 3.05) is 31.6 Å². The van der Waals surface area contributed by atoms with Gasteiger partial charge in [-0.05, 0) is 49.2 Å². The highest BCUT2D eigenvalue weighted by Crippen LogP contribution is 2.22. The first-order valence-corrected chi connectivity index (χ1v) is 9.99. The van der Waals surface area contributed by atoms with Crippen LogP contribution in [0, 0.1) is 19.7 Å². The molecule has 144 valence electrons. The molecule has 1 fully saturated rings. The van der Waals surface area contributed by atoms with Crippen LogP contribution in [0.1, 0.15) is 21.5 Å². The molecule has 0 bridgehead atoms. The minimum atomic E-state index is -3.72. The fraction of sp³-hybridized carbons (Fsp3) is 0.316. The van der Waals surface area contributed by atoms with E-state index >= 15 is 0 Å². The van der Waals surface area contributed by atoms with E-state index in [1.165, 1.54) is 28.6 Å². The van der Waals surface area contributed by atoms with E-state index in [4.69, 9.17) is 4.74 Å². The molecule has 0 unspecified atom stereocenters. The van der Waals surface area contributed by atoms with Crippen LogP contribution in [0.15, 0.2) is 41.3 Å². The molecule has 2 aromatic carbocycles. The number of amides is 1. The predicted octanol–water partition coefficient (Wildman–Crippen LogP) is 2.72. The van der Waals surface area contributed by atoms with Crippen LogP contribution in [-0.2, 0) is 14.8 Å². The first kappa shape index (κ1) is 19.5. The van der Waals surface area contributed by atoms with Gasteiger partial charge in [0.05, 0.1) is 23.8 Å². The molecule has 0 aromatic heterocycles. The minimum Gasteiger partial charge on any atom is -0.379 e. The van der Waals surface area contributed by atoms with Crippen molar-refractivity contribution >= 4 is 21.6 Å². The Labute approximate surface area is 158 Å². The number of sulfonamides is 1. The number of aryl methyl sites for hydroxylation is 2. The summed E-state index contributed by atoms with van der Waals surface area (Å²) in [6.45, 7) is 4.71. The van der Waals surface area contributed by atoms with E-state index in [0.29, 0.717) is 18.8 Å². The Kier molecular flexibility index (Phi) is 5.59. The van der Waals surface area contributed by atoms with Gasteiger partial charge in [0, 0.05) is 18.7 Å². The number of nitrogens with one attached hydrogen (secondary N) is 1. The number of anilines is 1.